The molecular formula is C12H19NO2S2. The SMILES string of the molecule is CCC1=C(C)SC(SCCCC(=O)OC)=NC1. The third-order valence-corrected chi connectivity index (χ3v) is 4.91. The van der Waals surface area contributed by atoms with E-state index >= 15 is 0 Å². The van der Waals surface area contributed by atoms with Crippen LogP contribution in [0.15, 0.2) is 15.5 Å². The molecule has 17 heavy (non-hydrogen) atoms. The summed E-state index contributed by atoms with van der Waals surface area (Å²) in [6, 6.07) is 0. The van der Waals surface area contributed by atoms with Crippen molar-refractivity contribution in [2.45, 2.75) is 33.1 Å². The topological polar surface area (TPSA) is 38.7 Å². The summed E-state index contributed by atoms with van der Waals surface area (Å²) in [6.07, 6.45) is 2.43. The van der Waals surface area contributed by atoms with Crippen LogP contribution in [0.25, 0.3) is 0 Å². The van der Waals surface area contributed by atoms with E-state index in [0.717, 1.165) is 29.5 Å². The van der Waals surface area contributed by atoms with Crippen molar-refractivity contribution in [1.82, 2.24) is 0 Å². The van der Waals surface area contributed by atoms with Gasteiger partial charge in [0.1, 0.15) is 4.38 Å². The minimum absolute atomic E-state index is 0.131. The molecule has 0 atom stereocenters. The zero-order valence-electron chi connectivity index (χ0n) is 10.6. The van der Waals surface area contributed by atoms with Crippen molar-refractivity contribution in [3.8, 4) is 0 Å². The maximum atomic E-state index is 10.9. The van der Waals surface area contributed by atoms with E-state index in [2.05, 4.69) is 23.6 Å². The van der Waals surface area contributed by atoms with Crippen LogP contribution in [-0.4, -0.2) is 29.8 Å². The lowest BCUT2D eigenvalue weighted by Crippen LogP contribution is -2.03. The van der Waals surface area contributed by atoms with E-state index in [9.17, 15) is 4.79 Å². The van der Waals surface area contributed by atoms with E-state index in [1.165, 1.54) is 17.6 Å². The molecule has 3 nitrogen and oxygen atoms in total. The van der Waals surface area contributed by atoms with Crippen LogP contribution in [0.3, 0.4) is 0 Å². The molecule has 0 N–H and O–H groups in total. The molecule has 0 bridgehead atoms. The average Bonchev–Trinajstić information content (AvgIpc) is 2.34. The number of methoxy groups -OCH3 is 1. The lowest BCUT2D eigenvalue weighted by atomic mass is 10.2. The van der Waals surface area contributed by atoms with Gasteiger partial charge in [-0.15, -0.1) is 0 Å². The number of ether oxygens (including phenoxy) is 1. The second-order valence-corrected chi connectivity index (χ2v) is 6.27. The van der Waals surface area contributed by atoms with Crippen molar-refractivity contribution >= 4 is 33.9 Å². The standard InChI is InChI=1S/C12H19NO2S2/c1-4-10-8-13-12(17-9(10)2)16-7-5-6-11(14)15-3/h4-8H2,1-3H3. The second-order valence-electron chi connectivity index (χ2n) is 3.73. The maximum Gasteiger partial charge on any atom is 0.305 e. The van der Waals surface area contributed by atoms with Crippen molar-refractivity contribution in [2.75, 3.05) is 19.4 Å². The number of carbonyl (C=O) groups is 1. The van der Waals surface area contributed by atoms with Gasteiger partial charge in [-0.2, -0.15) is 0 Å². The van der Waals surface area contributed by atoms with Crippen LogP contribution in [0.2, 0.25) is 0 Å². The fourth-order valence-corrected chi connectivity index (χ4v) is 3.64. The lowest BCUT2D eigenvalue weighted by Gasteiger charge is -2.15. The molecule has 0 saturated heterocycles. The predicted molar refractivity (Wildman–Crippen MR) is 76.6 cm³/mol. The zero-order valence-corrected chi connectivity index (χ0v) is 12.2. The lowest BCUT2D eigenvalue weighted by molar-refractivity contribution is -0.140. The van der Waals surface area contributed by atoms with E-state index in [0.29, 0.717) is 6.42 Å². The van der Waals surface area contributed by atoms with Crippen molar-refractivity contribution in [3.05, 3.63) is 10.5 Å². The molecule has 0 radical (unpaired) electrons. The van der Waals surface area contributed by atoms with Crippen LogP contribution in [0.4, 0.5) is 0 Å². The minimum atomic E-state index is -0.131. The number of hydrogen-bond acceptors (Lipinski definition) is 5. The molecule has 0 unspecified atom stereocenters. The highest BCUT2D eigenvalue weighted by Gasteiger charge is 2.12. The van der Waals surface area contributed by atoms with Gasteiger partial charge in [0, 0.05) is 12.2 Å². The Kier molecular flexibility index (Phi) is 6.73. The summed E-state index contributed by atoms with van der Waals surface area (Å²) in [6.45, 7) is 5.17. The Morgan fingerprint density at radius 1 is 1.59 bits per heavy atom. The molecule has 0 spiro atoms. The predicted octanol–water partition coefficient (Wildman–Crippen LogP) is 3.46. The van der Waals surface area contributed by atoms with E-state index < -0.39 is 0 Å². The molecule has 1 aliphatic rings. The smallest absolute Gasteiger partial charge is 0.305 e. The first-order valence-electron chi connectivity index (χ1n) is 5.78. The molecule has 0 saturated carbocycles. The number of hydrogen-bond donors (Lipinski definition) is 0. The molecule has 0 fully saturated rings. The van der Waals surface area contributed by atoms with Gasteiger partial charge >= 0.3 is 5.97 Å². The van der Waals surface area contributed by atoms with Gasteiger partial charge < -0.3 is 4.74 Å². The minimum Gasteiger partial charge on any atom is -0.469 e. The van der Waals surface area contributed by atoms with Gasteiger partial charge in [0.15, 0.2) is 0 Å². The first-order chi connectivity index (χ1) is 8.17. The number of aliphatic imine (C=N–C) groups is 1. The van der Waals surface area contributed by atoms with Crippen molar-refractivity contribution in [1.29, 1.82) is 0 Å². The summed E-state index contributed by atoms with van der Waals surface area (Å²) in [5, 5.41) is 0. The Morgan fingerprint density at radius 2 is 2.35 bits per heavy atom. The van der Waals surface area contributed by atoms with Gasteiger partial charge in [-0.05, 0) is 30.2 Å². The summed E-state index contributed by atoms with van der Waals surface area (Å²) in [4.78, 5) is 16.8. The number of rotatable bonds is 5. The molecule has 0 aromatic rings. The summed E-state index contributed by atoms with van der Waals surface area (Å²) < 4.78 is 5.73. The molecule has 96 valence electrons. The fraction of sp³-hybridized carbons (Fsp3) is 0.667. The Morgan fingerprint density at radius 3 is 2.94 bits per heavy atom. The summed E-state index contributed by atoms with van der Waals surface area (Å²) in [5.41, 5.74) is 1.44. The largest absolute Gasteiger partial charge is 0.469 e. The third kappa shape index (κ3) is 5.17. The first kappa shape index (κ1) is 14.6. The molecule has 0 aromatic carbocycles. The van der Waals surface area contributed by atoms with Gasteiger partial charge in [-0.1, -0.05) is 30.4 Å². The average molecular weight is 273 g/mol. The van der Waals surface area contributed by atoms with Crippen LogP contribution in [0, 0.1) is 0 Å². The van der Waals surface area contributed by atoms with Crippen molar-refractivity contribution in [2.24, 2.45) is 4.99 Å². The molecule has 1 aliphatic heterocycles. The summed E-state index contributed by atoms with van der Waals surface area (Å²) in [7, 11) is 1.43. The Balaban J connectivity index is 2.22. The summed E-state index contributed by atoms with van der Waals surface area (Å²) in [5.74, 6) is 0.795. The van der Waals surface area contributed by atoms with E-state index in [1.807, 2.05) is 0 Å². The van der Waals surface area contributed by atoms with Gasteiger partial charge in [-0.25, -0.2) is 0 Å². The van der Waals surface area contributed by atoms with E-state index in [1.54, 1.807) is 23.5 Å². The van der Waals surface area contributed by atoms with Gasteiger partial charge in [0.25, 0.3) is 0 Å². The molecular weight excluding hydrogens is 254 g/mol. The number of thioether (sulfide) groups is 2. The van der Waals surface area contributed by atoms with Crippen LogP contribution in [0.5, 0.6) is 0 Å². The molecule has 0 aliphatic carbocycles. The van der Waals surface area contributed by atoms with E-state index in [4.69, 9.17) is 0 Å². The fourth-order valence-electron chi connectivity index (χ4n) is 1.42. The van der Waals surface area contributed by atoms with Crippen LogP contribution < -0.4 is 0 Å². The highest BCUT2D eigenvalue weighted by Crippen LogP contribution is 2.32. The third-order valence-electron chi connectivity index (χ3n) is 2.54. The monoisotopic (exact) mass is 273 g/mol. The molecule has 0 amide bonds. The van der Waals surface area contributed by atoms with Gasteiger partial charge in [0.05, 0.1) is 13.7 Å². The van der Waals surface area contributed by atoms with Crippen LogP contribution >= 0.6 is 23.5 Å². The highest BCUT2D eigenvalue weighted by atomic mass is 32.2. The maximum absolute atomic E-state index is 10.9. The summed E-state index contributed by atoms with van der Waals surface area (Å²) >= 11 is 3.50. The molecule has 5 heteroatoms. The normalized spacial score (nSPS) is 15.8. The Bertz CT molecular complexity index is 337. The number of carbonyl (C=O) groups excluding carboxylic acids is 1. The molecule has 0 aromatic heterocycles. The van der Waals surface area contributed by atoms with E-state index in [-0.39, 0.29) is 5.97 Å². The Hall–Kier alpha value is -0.420. The number of allylic oxidation sites excluding steroid dienone is 1. The molecule has 1 rings (SSSR count). The van der Waals surface area contributed by atoms with Crippen LogP contribution in [-0.2, 0) is 9.53 Å². The highest BCUT2D eigenvalue weighted by molar-refractivity contribution is 8.40. The number of esters is 1. The second kappa shape index (κ2) is 7.82. The van der Waals surface area contributed by atoms with Gasteiger partial charge in [0.2, 0.25) is 0 Å². The molecule has 1 heterocycles. The van der Waals surface area contributed by atoms with Gasteiger partial charge in [-0.3, -0.25) is 9.79 Å². The Labute approximate surface area is 111 Å². The van der Waals surface area contributed by atoms with Crippen LogP contribution in [0.1, 0.15) is 33.1 Å². The quantitative estimate of drug-likeness (QED) is 0.568. The van der Waals surface area contributed by atoms with Crippen molar-refractivity contribution in [3.63, 3.8) is 0 Å². The first-order valence-corrected chi connectivity index (χ1v) is 7.58. The van der Waals surface area contributed by atoms with Crippen molar-refractivity contribution < 1.29 is 9.53 Å². The number of nitrogens with zero attached hydrogens (tertiary/aromatic N) is 1. The zero-order chi connectivity index (χ0) is 12.7.